The lowest BCUT2D eigenvalue weighted by atomic mass is 10.1. The van der Waals surface area contributed by atoms with Crippen molar-refractivity contribution in [3.05, 3.63) is 45.9 Å². The summed E-state index contributed by atoms with van der Waals surface area (Å²) in [4.78, 5) is 4.42. The molecule has 21 heavy (non-hydrogen) atoms. The zero-order valence-corrected chi connectivity index (χ0v) is 13.7. The van der Waals surface area contributed by atoms with Gasteiger partial charge in [0.25, 0.3) is 0 Å². The van der Waals surface area contributed by atoms with Gasteiger partial charge in [-0.05, 0) is 36.6 Å². The molecule has 0 aliphatic carbocycles. The number of hydrogen-bond acceptors (Lipinski definition) is 5. The Morgan fingerprint density at radius 1 is 1.43 bits per heavy atom. The van der Waals surface area contributed by atoms with Crippen molar-refractivity contribution in [2.45, 2.75) is 37.8 Å². The Labute approximate surface area is 129 Å². The lowest BCUT2D eigenvalue weighted by molar-refractivity contribution is 0.549. The molecule has 1 aromatic carbocycles. The van der Waals surface area contributed by atoms with E-state index in [0.29, 0.717) is 13.0 Å². The summed E-state index contributed by atoms with van der Waals surface area (Å²) in [6, 6.07) is 4.70. The van der Waals surface area contributed by atoms with Gasteiger partial charge in [-0.15, -0.1) is 11.3 Å². The van der Waals surface area contributed by atoms with Crippen LogP contribution >= 0.6 is 11.3 Å². The van der Waals surface area contributed by atoms with E-state index < -0.39 is 10.0 Å². The summed E-state index contributed by atoms with van der Waals surface area (Å²) in [5, 5.41) is 2.61. The third-order valence-electron chi connectivity index (χ3n) is 3.31. The molecule has 2 rings (SSSR count). The smallest absolute Gasteiger partial charge is 0.241 e. The average Bonchev–Trinajstić information content (AvgIpc) is 2.99. The van der Waals surface area contributed by atoms with Crippen LogP contribution in [-0.2, 0) is 16.6 Å². The van der Waals surface area contributed by atoms with E-state index in [1.165, 1.54) is 11.3 Å². The lowest BCUT2D eigenvalue weighted by Crippen LogP contribution is -2.28. The van der Waals surface area contributed by atoms with Crippen LogP contribution in [0.1, 0.15) is 35.5 Å². The monoisotopic (exact) mass is 325 g/mol. The van der Waals surface area contributed by atoms with Crippen LogP contribution in [0.15, 0.2) is 34.7 Å². The van der Waals surface area contributed by atoms with Gasteiger partial charge in [0.2, 0.25) is 10.0 Å². The maximum absolute atomic E-state index is 12.5. The Balaban J connectivity index is 2.29. The number of benzene rings is 1. The van der Waals surface area contributed by atoms with Gasteiger partial charge < -0.3 is 5.73 Å². The Bertz CT molecular complexity index is 697. The van der Waals surface area contributed by atoms with Gasteiger partial charge in [-0.25, -0.2) is 18.1 Å². The number of hydrogen-bond donors (Lipinski definition) is 2. The zero-order chi connectivity index (χ0) is 15.5. The van der Waals surface area contributed by atoms with Gasteiger partial charge in [0.15, 0.2) is 0 Å². The van der Waals surface area contributed by atoms with Gasteiger partial charge in [-0.3, -0.25) is 0 Å². The van der Waals surface area contributed by atoms with E-state index in [1.54, 1.807) is 24.4 Å². The average molecular weight is 325 g/mol. The normalized spacial score (nSPS) is 13.3. The summed E-state index contributed by atoms with van der Waals surface area (Å²) in [6.07, 6.45) is 2.32. The number of nitrogens with zero attached hydrogens (tertiary/aromatic N) is 1. The first-order chi connectivity index (χ1) is 9.97. The molecule has 0 spiro atoms. The van der Waals surface area contributed by atoms with Crippen molar-refractivity contribution in [1.82, 2.24) is 9.71 Å². The van der Waals surface area contributed by atoms with E-state index in [9.17, 15) is 8.42 Å². The Morgan fingerprint density at radius 3 is 2.76 bits per heavy atom. The molecule has 114 valence electrons. The molecular formula is C14H19N3O2S2. The van der Waals surface area contributed by atoms with E-state index in [4.69, 9.17) is 5.73 Å². The molecule has 0 saturated heterocycles. The van der Waals surface area contributed by atoms with Crippen molar-refractivity contribution >= 4 is 21.4 Å². The molecule has 0 aliphatic heterocycles. The van der Waals surface area contributed by atoms with Crippen molar-refractivity contribution in [3.63, 3.8) is 0 Å². The third kappa shape index (κ3) is 3.68. The highest BCUT2D eigenvalue weighted by molar-refractivity contribution is 7.89. The fourth-order valence-corrected chi connectivity index (χ4v) is 4.19. The number of sulfonamides is 1. The largest absolute Gasteiger partial charge is 0.326 e. The summed E-state index contributed by atoms with van der Waals surface area (Å²) in [5.41, 5.74) is 7.47. The molecule has 5 nitrogen and oxygen atoms in total. The quantitative estimate of drug-likeness (QED) is 0.853. The van der Waals surface area contributed by atoms with Gasteiger partial charge in [0.05, 0.1) is 10.9 Å². The summed E-state index contributed by atoms with van der Waals surface area (Å²) in [5.74, 6) is 0. The molecule has 0 amide bonds. The summed E-state index contributed by atoms with van der Waals surface area (Å²) < 4.78 is 27.7. The Hall–Kier alpha value is -1.28. The molecule has 0 radical (unpaired) electrons. The molecule has 1 heterocycles. The molecular weight excluding hydrogens is 306 g/mol. The van der Waals surface area contributed by atoms with E-state index in [1.807, 2.05) is 19.2 Å². The Kier molecular flexibility index (Phi) is 5.10. The highest BCUT2D eigenvalue weighted by Crippen LogP contribution is 2.23. The zero-order valence-electron chi connectivity index (χ0n) is 12.0. The second-order valence-corrected chi connectivity index (χ2v) is 7.39. The van der Waals surface area contributed by atoms with E-state index in [-0.39, 0.29) is 10.9 Å². The first-order valence-electron chi connectivity index (χ1n) is 6.69. The number of thiazole rings is 1. The highest BCUT2D eigenvalue weighted by atomic mass is 32.2. The fourth-order valence-electron chi connectivity index (χ4n) is 2.01. The molecule has 7 heteroatoms. The van der Waals surface area contributed by atoms with Crippen LogP contribution < -0.4 is 10.5 Å². The molecule has 0 aliphatic rings. The van der Waals surface area contributed by atoms with E-state index in [0.717, 1.165) is 16.1 Å². The van der Waals surface area contributed by atoms with Gasteiger partial charge >= 0.3 is 0 Å². The topological polar surface area (TPSA) is 85.1 Å². The van der Waals surface area contributed by atoms with Crippen molar-refractivity contribution in [2.24, 2.45) is 5.73 Å². The van der Waals surface area contributed by atoms with Crippen LogP contribution in [0.4, 0.5) is 0 Å². The molecule has 0 bridgehead atoms. The number of nitrogens with one attached hydrogen (secondary N) is 1. The molecule has 1 unspecified atom stereocenters. The second kappa shape index (κ2) is 6.65. The lowest BCUT2D eigenvalue weighted by Gasteiger charge is -2.15. The molecule has 3 N–H and O–H groups in total. The highest BCUT2D eigenvalue weighted by Gasteiger charge is 2.22. The standard InChI is InChI=1S/C14H19N3O2S2/c1-3-13(14-16-6-7-20-14)17-21(18,19)12-5-4-10(2)11(8-12)9-15/h4-8,13,17H,3,9,15H2,1-2H3. The van der Waals surface area contributed by atoms with Crippen molar-refractivity contribution < 1.29 is 8.42 Å². The van der Waals surface area contributed by atoms with Crippen LogP contribution in [0.2, 0.25) is 0 Å². The number of aryl methyl sites for hydroxylation is 1. The first-order valence-corrected chi connectivity index (χ1v) is 9.05. The van der Waals surface area contributed by atoms with Gasteiger partial charge in [-0.1, -0.05) is 13.0 Å². The van der Waals surface area contributed by atoms with Gasteiger partial charge in [0, 0.05) is 18.1 Å². The summed E-state index contributed by atoms with van der Waals surface area (Å²) >= 11 is 1.44. The number of aromatic nitrogens is 1. The molecule has 1 atom stereocenters. The molecule has 0 saturated carbocycles. The van der Waals surface area contributed by atoms with Crippen molar-refractivity contribution in [2.75, 3.05) is 0 Å². The maximum atomic E-state index is 12.5. The SMILES string of the molecule is CCC(NS(=O)(=O)c1ccc(C)c(CN)c1)c1nccs1. The minimum Gasteiger partial charge on any atom is -0.326 e. The van der Waals surface area contributed by atoms with Crippen LogP contribution in [0.3, 0.4) is 0 Å². The minimum atomic E-state index is -3.59. The Morgan fingerprint density at radius 2 is 2.19 bits per heavy atom. The van der Waals surface area contributed by atoms with Crippen molar-refractivity contribution in [3.8, 4) is 0 Å². The van der Waals surface area contributed by atoms with Gasteiger partial charge in [0.1, 0.15) is 5.01 Å². The molecule has 0 fully saturated rings. The van der Waals surface area contributed by atoms with E-state index >= 15 is 0 Å². The van der Waals surface area contributed by atoms with Crippen molar-refractivity contribution in [1.29, 1.82) is 0 Å². The predicted molar refractivity (Wildman–Crippen MR) is 84.5 cm³/mol. The summed E-state index contributed by atoms with van der Waals surface area (Å²) in [7, 11) is -3.59. The van der Waals surface area contributed by atoms with Crippen LogP contribution in [0.25, 0.3) is 0 Å². The second-order valence-electron chi connectivity index (χ2n) is 4.74. The fraction of sp³-hybridized carbons (Fsp3) is 0.357. The van der Waals surface area contributed by atoms with Gasteiger partial charge in [-0.2, -0.15) is 0 Å². The first kappa shape index (κ1) is 16.1. The minimum absolute atomic E-state index is 0.239. The van der Waals surface area contributed by atoms with Crippen LogP contribution in [0.5, 0.6) is 0 Å². The predicted octanol–water partition coefficient (Wildman–Crippen LogP) is 2.34. The number of rotatable bonds is 6. The molecule has 1 aromatic heterocycles. The number of nitrogens with two attached hydrogens (primary N) is 1. The van der Waals surface area contributed by atoms with E-state index in [2.05, 4.69) is 9.71 Å². The summed E-state index contributed by atoms with van der Waals surface area (Å²) in [6.45, 7) is 4.16. The van der Waals surface area contributed by atoms with Crippen LogP contribution in [0, 0.1) is 6.92 Å². The van der Waals surface area contributed by atoms with Crippen LogP contribution in [-0.4, -0.2) is 13.4 Å². The third-order valence-corrected chi connectivity index (χ3v) is 5.66. The maximum Gasteiger partial charge on any atom is 0.241 e. The molecule has 2 aromatic rings.